The Labute approximate surface area is 210 Å². The van der Waals surface area contributed by atoms with Gasteiger partial charge >= 0.3 is 0 Å². The first-order valence-electron chi connectivity index (χ1n) is 10.8. The largest absolute Gasteiger partial charge is 0.494 e. The minimum atomic E-state index is -0.140. The lowest BCUT2D eigenvalue weighted by Gasteiger charge is -2.22. The number of hydrogen-bond donors (Lipinski definition) is 0. The van der Waals surface area contributed by atoms with E-state index in [4.69, 9.17) is 14.5 Å². The Bertz CT molecular complexity index is 1230. The van der Waals surface area contributed by atoms with Gasteiger partial charge in [-0.1, -0.05) is 47.7 Å². The van der Waals surface area contributed by atoms with Crippen molar-refractivity contribution in [1.82, 2.24) is 9.88 Å². The molecule has 0 saturated carbocycles. The summed E-state index contributed by atoms with van der Waals surface area (Å²) in [5.41, 5.74) is 1.26. The van der Waals surface area contributed by atoms with Crippen molar-refractivity contribution in [1.29, 1.82) is 0 Å². The van der Waals surface area contributed by atoms with Crippen LogP contribution in [0.25, 0.3) is 10.2 Å². The number of aromatic nitrogens is 1. The van der Waals surface area contributed by atoms with Crippen molar-refractivity contribution in [2.75, 3.05) is 39.2 Å². The number of para-hydroxylation sites is 3. The molecule has 0 aliphatic carbocycles. The van der Waals surface area contributed by atoms with Gasteiger partial charge in [-0.05, 0) is 63.5 Å². The SMILES string of the molecule is COc1cccc2sc(N(CCCN(C)C)C(=O)c3ccccc3Oc3ccccc3)nc12.Cl. The second kappa shape index (κ2) is 11.8. The van der Waals surface area contributed by atoms with Crippen LogP contribution < -0.4 is 14.4 Å². The van der Waals surface area contributed by atoms with Crippen molar-refractivity contribution in [2.45, 2.75) is 6.42 Å². The number of rotatable bonds is 9. The van der Waals surface area contributed by atoms with Crippen molar-refractivity contribution >= 4 is 45.0 Å². The number of carbonyl (C=O) groups is 1. The number of nitrogens with zero attached hydrogens (tertiary/aromatic N) is 3. The average Bonchev–Trinajstić information content (AvgIpc) is 3.26. The van der Waals surface area contributed by atoms with Gasteiger partial charge in [0.2, 0.25) is 0 Å². The molecular formula is C26H28ClN3O3S. The number of halogens is 1. The maximum Gasteiger partial charge on any atom is 0.263 e. The van der Waals surface area contributed by atoms with E-state index < -0.39 is 0 Å². The van der Waals surface area contributed by atoms with Gasteiger partial charge < -0.3 is 14.4 Å². The highest BCUT2D eigenvalue weighted by atomic mass is 35.5. The first-order chi connectivity index (χ1) is 16.1. The Kier molecular flexibility index (Phi) is 8.87. The van der Waals surface area contributed by atoms with Crippen molar-refractivity contribution in [3.05, 3.63) is 78.4 Å². The maximum absolute atomic E-state index is 13.8. The van der Waals surface area contributed by atoms with Crippen LogP contribution in [0, 0.1) is 0 Å². The van der Waals surface area contributed by atoms with Gasteiger partial charge in [-0.3, -0.25) is 9.69 Å². The second-order valence-electron chi connectivity index (χ2n) is 7.83. The van der Waals surface area contributed by atoms with Crippen LogP contribution in [0.1, 0.15) is 16.8 Å². The Morgan fingerprint density at radius 2 is 1.62 bits per heavy atom. The number of carbonyl (C=O) groups excluding carboxylic acids is 1. The van der Waals surface area contributed by atoms with Gasteiger partial charge in [0, 0.05) is 6.54 Å². The minimum Gasteiger partial charge on any atom is -0.494 e. The van der Waals surface area contributed by atoms with Crippen LogP contribution >= 0.6 is 23.7 Å². The standard InChI is InChI=1S/C26H27N3O3S.ClH/c1-28(2)17-10-18-29(26-27-24-22(31-3)15-9-16-23(24)33-26)25(30)20-13-7-8-14-21(20)32-19-11-5-4-6-12-19;/h4-9,11-16H,10,17-18H2,1-3H3;1H. The summed E-state index contributed by atoms with van der Waals surface area (Å²) in [7, 11) is 5.68. The van der Waals surface area contributed by atoms with E-state index in [1.165, 1.54) is 11.3 Å². The predicted octanol–water partition coefficient (Wildman–Crippen LogP) is 6.12. The first-order valence-corrected chi connectivity index (χ1v) is 11.6. The molecule has 0 aliphatic heterocycles. The molecule has 0 bridgehead atoms. The van der Waals surface area contributed by atoms with Crippen molar-refractivity contribution in [3.8, 4) is 17.2 Å². The number of benzene rings is 3. The fraction of sp³-hybridized carbons (Fsp3) is 0.231. The van der Waals surface area contributed by atoms with Crippen molar-refractivity contribution < 1.29 is 14.3 Å². The molecule has 1 aromatic heterocycles. The van der Waals surface area contributed by atoms with E-state index in [0.29, 0.717) is 34.5 Å². The maximum atomic E-state index is 13.8. The molecule has 0 N–H and O–H groups in total. The third-order valence-electron chi connectivity index (χ3n) is 5.14. The lowest BCUT2D eigenvalue weighted by Crippen LogP contribution is -2.33. The molecule has 0 unspecified atom stereocenters. The lowest BCUT2D eigenvalue weighted by molar-refractivity contribution is 0.0984. The molecule has 1 amide bonds. The number of ether oxygens (including phenoxy) is 2. The summed E-state index contributed by atoms with van der Waals surface area (Å²) in [4.78, 5) is 22.5. The van der Waals surface area contributed by atoms with E-state index in [0.717, 1.165) is 23.2 Å². The molecule has 178 valence electrons. The van der Waals surface area contributed by atoms with Gasteiger partial charge in [0.05, 0.1) is 17.4 Å². The van der Waals surface area contributed by atoms with E-state index in [-0.39, 0.29) is 18.3 Å². The molecule has 0 aliphatic rings. The van der Waals surface area contributed by atoms with Crippen molar-refractivity contribution in [2.24, 2.45) is 0 Å². The predicted molar refractivity (Wildman–Crippen MR) is 141 cm³/mol. The van der Waals surface area contributed by atoms with Crippen LogP contribution in [-0.4, -0.2) is 50.1 Å². The monoisotopic (exact) mass is 497 g/mol. The molecule has 3 aromatic carbocycles. The van der Waals surface area contributed by atoms with E-state index >= 15 is 0 Å². The van der Waals surface area contributed by atoms with E-state index in [2.05, 4.69) is 4.90 Å². The summed E-state index contributed by atoms with van der Waals surface area (Å²) in [5, 5.41) is 0.646. The highest BCUT2D eigenvalue weighted by Crippen LogP contribution is 2.35. The highest BCUT2D eigenvalue weighted by Gasteiger charge is 2.24. The molecule has 0 fully saturated rings. The topological polar surface area (TPSA) is 54.9 Å². The summed E-state index contributed by atoms with van der Waals surface area (Å²) in [6.07, 6.45) is 0.813. The van der Waals surface area contributed by atoms with Gasteiger partial charge in [-0.2, -0.15) is 0 Å². The summed E-state index contributed by atoms with van der Waals surface area (Å²) in [6, 6.07) is 22.6. The van der Waals surface area contributed by atoms with Crippen LogP contribution in [0.4, 0.5) is 5.13 Å². The quantitative estimate of drug-likeness (QED) is 0.279. The minimum absolute atomic E-state index is 0. The molecule has 1 heterocycles. The fourth-order valence-electron chi connectivity index (χ4n) is 3.51. The fourth-order valence-corrected chi connectivity index (χ4v) is 4.52. The zero-order valence-corrected chi connectivity index (χ0v) is 21.1. The molecule has 6 nitrogen and oxygen atoms in total. The molecule has 0 spiro atoms. The molecule has 0 radical (unpaired) electrons. The average molecular weight is 498 g/mol. The van der Waals surface area contributed by atoms with Gasteiger partial charge in [0.15, 0.2) is 5.13 Å². The Hall–Kier alpha value is -3.13. The Balaban J connectivity index is 0.00000324. The van der Waals surface area contributed by atoms with E-state index in [9.17, 15) is 4.79 Å². The van der Waals surface area contributed by atoms with Gasteiger partial charge in [-0.25, -0.2) is 4.98 Å². The highest BCUT2D eigenvalue weighted by molar-refractivity contribution is 7.22. The second-order valence-corrected chi connectivity index (χ2v) is 8.84. The number of methoxy groups -OCH3 is 1. The molecule has 0 atom stereocenters. The van der Waals surface area contributed by atoms with Crippen molar-refractivity contribution in [3.63, 3.8) is 0 Å². The van der Waals surface area contributed by atoms with Gasteiger partial charge in [0.25, 0.3) is 5.91 Å². The van der Waals surface area contributed by atoms with Crippen LogP contribution in [0.5, 0.6) is 17.2 Å². The molecule has 0 saturated heterocycles. The number of hydrogen-bond acceptors (Lipinski definition) is 6. The number of anilines is 1. The first kappa shape index (κ1) is 25.5. The third kappa shape index (κ3) is 5.86. The van der Waals surface area contributed by atoms with E-state index in [1.54, 1.807) is 18.1 Å². The van der Waals surface area contributed by atoms with Crippen LogP contribution in [0.2, 0.25) is 0 Å². The smallest absolute Gasteiger partial charge is 0.263 e. The lowest BCUT2D eigenvalue weighted by atomic mass is 10.1. The number of thiazole rings is 1. The molecular weight excluding hydrogens is 470 g/mol. The summed E-state index contributed by atoms with van der Waals surface area (Å²) in [5.74, 6) is 1.76. The molecule has 4 rings (SSSR count). The van der Waals surface area contributed by atoms with Crippen LogP contribution in [-0.2, 0) is 0 Å². The summed E-state index contributed by atoms with van der Waals surface area (Å²) >= 11 is 1.49. The third-order valence-corrected chi connectivity index (χ3v) is 6.19. The molecule has 34 heavy (non-hydrogen) atoms. The van der Waals surface area contributed by atoms with Gasteiger partial charge in [0.1, 0.15) is 22.8 Å². The number of amides is 1. The Morgan fingerprint density at radius 3 is 2.35 bits per heavy atom. The normalized spacial score (nSPS) is 10.7. The number of fused-ring (bicyclic) bond motifs is 1. The molecule has 8 heteroatoms. The van der Waals surface area contributed by atoms with E-state index in [1.807, 2.05) is 80.8 Å². The van der Waals surface area contributed by atoms with Crippen LogP contribution in [0.15, 0.2) is 72.8 Å². The van der Waals surface area contributed by atoms with Crippen LogP contribution in [0.3, 0.4) is 0 Å². The zero-order chi connectivity index (χ0) is 23.2. The summed E-state index contributed by atoms with van der Waals surface area (Å²) < 4.78 is 12.5. The van der Waals surface area contributed by atoms with Gasteiger partial charge in [-0.15, -0.1) is 12.4 Å². The summed E-state index contributed by atoms with van der Waals surface area (Å²) in [6.45, 7) is 1.40. The zero-order valence-electron chi connectivity index (χ0n) is 19.4. The molecule has 4 aromatic rings. The Morgan fingerprint density at radius 1 is 0.912 bits per heavy atom.